The minimum atomic E-state index is -4.29. The number of benzene rings is 1. The molecule has 2 rings (SSSR count). The number of halogens is 4. The molecule has 106 valence electrons. The first kappa shape index (κ1) is 15.0. The van der Waals surface area contributed by atoms with E-state index in [1.165, 1.54) is 6.07 Å². The molecule has 0 radical (unpaired) electrons. The van der Waals surface area contributed by atoms with Crippen molar-refractivity contribution in [2.75, 3.05) is 11.6 Å². The first-order valence-corrected chi connectivity index (χ1v) is 8.14. The molecule has 0 spiro atoms. The number of anilines is 1. The maximum Gasteiger partial charge on any atom is 0.416 e. The van der Waals surface area contributed by atoms with Gasteiger partial charge in [0.05, 0.1) is 5.56 Å². The zero-order valence-electron chi connectivity index (χ0n) is 10.4. The van der Waals surface area contributed by atoms with Crippen molar-refractivity contribution in [3.8, 4) is 0 Å². The number of hydrogen-bond acceptors (Lipinski definition) is 2. The second-order valence-corrected chi connectivity index (χ2v) is 6.70. The molecule has 0 saturated heterocycles. The highest BCUT2D eigenvalue weighted by molar-refractivity contribution is 9.10. The summed E-state index contributed by atoms with van der Waals surface area (Å²) in [5.41, 5.74) is 0.109. The number of rotatable bonds is 3. The van der Waals surface area contributed by atoms with Gasteiger partial charge < -0.3 is 5.32 Å². The standard InChI is InChI=1S/C13H15BrF3NS/c1-19-10-4-3-9(7-10)18-12-5-2-8(6-11(12)14)13(15,16)17/h2,5-6,9-10,18H,3-4,7H2,1H3. The molecule has 1 saturated carbocycles. The third-order valence-electron chi connectivity index (χ3n) is 3.37. The van der Waals surface area contributed by atoms with Crippen LogP contribution < -0.4 is 5.32 Å². The van der Waals surface area contributed by atoms with Crippen LogP contribution >= 0.6 is 27.7 Å². The van der Waals surface area contributed by atoms with Crippen LogP contribution in [0.1, 0.15) is 24.8 Å². The molecule has 1 aromatic rings. The normalized spacial score (nSPS) is 23.6. The van der Waals surface area contributed by atoms with Crippen molar-refractivity contribution >= 4 is 33.4 Å². The van der Waals surface area contributed by atoms with E-state index in [1.54, 1.807) is 0 Å². The van der Waals surface area contributed by atoms with Crippen LogP contribution in [-0.2, 0) is 6.18 Å². The van der Waals surface area contributed by atoms with Crippen LogP contribution in [-0.4, -0.2) is 17.5 Å². The lowest BCUT2D eigenvalue weighted by Crippen LogP contribution is -2.16. The van der Waals surface area contributed by atoms with Gasteiger partial charge in [0.25, 0.3) is 0 Å². The van der Waals surface area contributed by atoms with Gasteiger partial charge >= 0.3 is 6.18 Å². The smallest absolute Gasteiger partial charge is 0.381 e. The molecule has 1 aliphatic carbocycles. The first-order valence-electron chi connectivity index (χ1n) is 6.06. The quantitative estimate of drug-likeness (QED) is 0.804. The van der Waals surface area contributed by atoms with Gasteiger partial charge in [-0.05, 0) is 59.6 Å². The van der Waals surface area contributed by atoms with Crippen molar-refractivity contribution in [1.29, 1.82) is 0 Å². The Labute approximate surface area is 123 Å². The molecule has 0 bridgehead atoms. The van der Waals surface area contributed by atoms with Gasteiger partial charge in [-0.1, -0.05) is 0 Å². The molecule has 19 heavy (non-hydrogen) atoms. The zero-order chi connectivity index (χ0) is 14.0. The predicted octanol–water partition coefficient (Wildman–Crippen LogP) is 5.16. The Morgan fingerprint density at radius 3 is 2.58 bits per heavy atom. The summed E-state index contributed by atoms with van der Waals surface area (Å²) in [6, 6.07) is 4.10. The topological polar surface area (TPSA) is 12.0 Å². The minimum Gasteiger partial charge on any atom is -0.381 e. The van der Waals surface area contributed by atoms with E-state index in [-0.39, 0.29) is 0 Å². The number of thioether (sulfide) groups is 1. The molecule has 0 heterocycles. The van der Waals surface area contributed by atoms with Crippen LogP contribution in [0, 0.1) is 0 Å². The van der Waals surface area contributed by atoms with Crippen molar-refractivity contribution in [1.82, 2.24) is 0 Å². The number of hydrogen-bond donors (Lipinski definition) is 1. The molecule has 2 atom stereocenters. The number of alkyl halides is 3. The van der Waals surface area contributed by atoms with Gasteiger partial charge in [-0.25, -0.2) is 0 Å². The van der Waals surface area contributed by atoms with Gasteiger partial charge in [0, 0.05) is 21.5 Å². The Morgan fingerprint density at radius 1 is 1.32 bits per heavy atom. The second-order valence-electron chi connectivity index (χ2n) is 4.70. The Kier molecular flexibility index (Phi) is 4.71. The summed E-state index contributed by atoms with van der Waals surface area (Å²) >= 11 is 5.07. The van der Waals surface area contributed by atoms with Crippen LogP contribution in [0.2, 0.25) is 0 Å². The van der Waals surface area contributed by atoms with Crippen molar-refractivity contribution in [3.05, 3.63) is 28.2 Å². The lowest BCUT2D eigenvalue weighted by Gasteiger charge is -2.17. The summed E-state index contributed by atoms with van der Waals surface area (Å²) in [5.74, 6) is 0. The maximum absolute atomic E-state index is 12.6. The van der Waals surface area contributed by atoms with E-state index < -0.39 is 11.7 Å². The Balaban J connectivity index is 2.06. The fourth-order valence-electron chi connectivity index (χ4n) is 2.31. The highest BCUT2D eigenvalue weighted by Gasteiger charge is 2.31. The molecule has 0 amide bonds. The van der Waals surface area contributed by atoms with Crippen LogP contribution in [0.3, 0.4) is 0 Å². The SMILES string of the molecule is CSC1CCC(Nc2ccc(C(F)(F)F)cc2Br)C1. The Bertz CT molecular complexity index is 450. The Morgan fingerprint density at radius 2 is 2.05 bits per heavy atom. The van der Waals surface area contributed by atoms with E-state index in [0.29, 0.717) is 15.8 Å². The molecule has 2 unspecified atom stereocenters. The molecule has 1 N–H and O–H groups in total. The van der Waals surface area contributed by atoms with Gasteiger partial charge in [-0.15, -0.1) is 0 Å². The minimum absolute atomic E-state index is 0.352. The van der Waals surface area contributed by atoms with Crippen LogP contribution in [0.5, 0.6) is 0 Å². The van der Waals surface area contributed by atoms with Gasteiger partial charge in [0.2, 0.25) is 0 Å². The van der Waals surface area contributed by atoms with E-state index in [4.69, 9.17) is 0 Å². The van der Waals surface area contributed by atoms with E-state index in [9.17, 15) is 13.2 Å². The molecule has 1 nitrogen and oxygen atoms in total. The van der Waals surface area contributed by atoms with E-state index >= 15 is 0 Å². The highest BCUT2D eigenvalue weighted by atomic mass is 79.9. The Hall–Kier alpha value is -0.360. The lowest BCUT2D eigenvalue weighted by atomic mass is 10.1. The molecule has 0 aromatic heterocycles. The third kappa shape index (κ3) is 3.81. The zero-order valence-corrected chi connectivity index (χ0v) is 12.8. The molecule has 1 aromatic carbocycles. The third-order valence-corrected chi connectivity index (χ3v) is 5.12. The largest absolute Gasteiger partial charge is 0.416 e. The highest BCUT2D eigenvalue weighted by Crippen LogP contribution is 2.36. The average molecular weight is 354 g/mol. The average Bonchev–Trinajstić information content (AvgIpc) is 2.78. The van der Waals surface area contributed by atoms with E-state index in [0.717, 1.165) is 37.1 Å². The summed E-state index contributed by atoms with van der Waals surface area (Å²) in [6.45, 7) is 0. The molecule has 0 aliphatic heterocycles. The van der Waals surface area contributed by atoms with Gasteiger partial charge in [-0.2, -0.15) is 24.9 Å². The van der Waals surface area contributed by atoms with Crippen LogP contribution in [0.4, 0.5) is 18.9 Å². The summed E-state index contributed by atoms with van der Waals surface area (Å²) in [7, 11) is 0. The fourth-order valence-corrected chi connectivity index (χ4v) is 3.60. The summed E-state index contributed by atoms with van der Waals surface area (Å²) in [5, 5.41) is 3.98. The van der Waals surface area contributed by atoms with E-state index in [1.807, 2.05) is 11.8 Å². The van der Waals surface area contributed by atoms with Crippen molar-refractivity contribution in [2.24, 2.45) is 0 Å². The second kappa shape index (κ2) is 5.95. The van der Waals surface area contributed by atoms with Gasteiger partial charge in [0.15, 0.2) is 0 Å². The molecular weight excluding hydrogens is 339 g/mol. The molecular formula is C13H15BrF3NS. The summed E-state index contributed by atoms with van der Waals surface area (Å²) < 4.78 is 38.1. The van der Waals surface area contributed by atoms with Crippen LogP contribution in [0.15, 0.2) is 22.7 Å². The maximum atomic E-state index is 12.6. The summed E-state index contributed by atoms with van der Waals surface area (Å²) in [6.07, 6.45) is 1.10. The van der Waals surface area contributed by atoms with Gasteiger partial charge in [0.1, 0.15) is 0 Å². The summed E-state index contributed by atoms with van der Waals surface area (Å²) in [4.78, 5) is 0. The van der Waals surface area contributed by atoms with Gasteiger partial charge in [-0.3, -0.25) is 0 Å². The molecule has 1 fully saturated rings. The monoisotopic (exact) mass is 353 g/mol. The van der Waals surface area contributed by atoms with Crippen LogP contribution in [0.25, 0.3) is 0 Å². The predicted molar refractivity (Wildman–Crippen MR) is 77.7 cm³/mol. The van der Waals surface area contributed by atoms with Crippen molar-refractivity contribution in [2.45, 2.75) is 36.7 Å². The molecule has 6 heteroatoms. The fraction of sp³-hybridized carbons (Fsp3) is 0.538. The lowest BCUT2D eigenvalue weighted by molar-refractivity contribution is -0.137. The number of nitrogens with one attached hydrogen (secondary N) is 1. The first-order chi connectivity index (χ1) is 8.90. The van der Waals surface area contributed by atoms with Crippen molar-refractivity contribution < 1.29 is 13.2 Å². The van der Waals surface area contributed by atoms with E-state index in [2.05, 4.69) is 27.5 Å². The molecule has 1 aliphatic rings. The van der Waals surface area contributed by atoms with Crippen molar-refractivity contribution in [3.63, 3.8) is 0 Å².